The molecule has 11 heavy (non-hydrogen) atoms. The summed E-state index contributed by atoms with van der Waals surface area (Å²) in [5.74, 6) is 1.01. The number of rotatable bonds is 2. The Balaban J connectivity index is 3.02. The van der Waals surface area contributed by atoms with E-state index >= 15 is 0 Å². The van der Waals surface area contributed by atoms with E-state index in [4.69, 9.17) is 0 Å². The van der Waals surface area contributed by atoms with E-state index in [-0.39, 0.29) is 0 Å². The van der Waals surface area contributed by atoms with Crippen molar-refractivity contribution in [3.05, 3.63) is 15.9 Å². The molecule has 0 fully saturated rings. The molecule has 1 aromatic heterocycles. The lowest BCUT2D eigenvalue weighted by Crippen LogP contribution is -1.96. The molecular weight excluding hydrogens is 224 g/mol. The van der Waals surface area contributed by atoms with Crippen LogP contribution in [-0.4, -0.2) is 16.0 Å². The van der Waals surface area contributed by atoms with E-state index in [1.54, 1.807) is 11.8 Å². The lowest BCUT2D eigenvalue weighted by molar-refractivity contribution is 0.727. The minimum atomic E-state index is 1.01. The van der Waals surface area contributed by atoms with Gasteiger partial charge in [-0.1, -0.05) is 0 Å². The number of nitrogens with zero attached hydrogens (tertiary/aromatic N) is 2. The summed E-state index contributed by atoms with van der Waals surface area (Å²) < 4.78 is 3.07. The topological polar surface area (TPSA) is 17.8 Å². The predicted molar refractivity (Wildman–Crippen MR) is 52.9 cm³/mol. The maximum Gasteiger partial charge on any atom is 0.0738 e. The van der Waals surface area contributed by atoms with Crippen molar-refractivity contribution in [1.82, 2.24) is 9.78 Å². The smallest absolute Gasteiger partial charge is 0.0738 e. The molecule has 0 aliphatic rings. The van der Waals surface area contributed by atoms with Gasteiger partial charge in [0.1, 0.15) is 0 Å². The molecule has 4 heteroatoms. The Morgan fingerprint density at radius 2 is 2.27 bits per heavy atom. The predicted octanol–water partition coefficient (Wildman–Crippen LogP) is 2.35. The molecule has 0 aliphatic heterocycles. The highest BCUT2D eigenvalue weighted by Crippen LogP contribution is 2.22. The Hall–Kier alpha value is 0.0400. The zero-order valence-electron chi connectivity index (χ0n) is 6.89. The first-order chi connectivity index (χ1) is 5.16. The van der Waals surface area contributed by atoms with Crippen LogP contribution in [0.3, 0.4) is 0 Å². The summed E-state index contributed by atoms with van der Waals surface area (Å²) in [5.41, 5.74) is 2.33. The molecule has 62 valence electrons. The average Bonchev–Trinajstić information content (AvgIpc) is 2.17. The van der Waals surface area contributed by atoms with Crippen LogP contribution in [0.5, 0.6) is 0 Å². The van der Waals surface area contributed by atoms with Crippen LogP contribution in [0.15, 0.2) is 4.47 Å². The number of aryl methyl sites for hydroxylation is 2. The van der Waals surface area contributed by atoms with Crippen molar-refractivity contribution in [2.75, 3.05) is 6.26 Å². The van der Waals surface area contributed by atoms with Crippen molar-refractivity contribution >= 4 is 27.7 Å². The fraction of sp³-hybridized carbons (Fsp3) is 0.571. The van der Waals surface area contributed by atoms with E-state index in [1.165, 1.54) is 5.69 Å². The van der Waals surface area contributed by atoms with Gasteiger partial charge in [-0.3, -0.25) is 4.68 Å². The van der Waals surface area contributed by atoms with E-state index in [9.17, 15) is 0 Å². The molecule has 0 N–H and O–H groups in total. The Kier molecular flexibility index (Phi) is 3.01. The molecule has 1 rings (SSSR count). The molecule has 1 aromatic rings. The van der Waals surface area contributed by atoms with Gasteiger partial charge in [0, 0.05) is 12.8 Å². The van der Waals surface area contributed by atoms with Crippen LogP contribution >= 0.6 is 27.7 Å². The largest absolute Gasteiger partial charge is 0.270 e. The fourth-order valence-corrected chi connectivity index (χ4v) is 2.24. The van der Waals surface area contributed by atoms with Gasteiger partial charge in [0.05, 0.1) is 15.9 Å². The summed E-state index contributed by atoms with van der Waals surface area (Å²) in [5, 5.41) is 4.29. The van der Waals surface area contributed by atoms with Gasteiger partial charge >= 0.3 is 0 Å². The molecule has 0 unspecified atom stereocenters. The van der Waals surface area contributed by atoms with Gasteiger partial charge in [0.15, 0.2) is 0 Å². The first kappa shape index (κ1) is 9.13. The zero-order valence-corrected chi connectivity index (χ0v) is 9.29. The molecule has 0 aromatic carbocycles. The Morgan fingerprint density at radius 1 is 1.64 bits per heavy atom. The second-order valence-corrected chi connectivity index (χ2v) is 4.06. The summed E-state index contributed by atoms with van der Waals surface area (Å²) in [6.45, 7) is 2.01. The van der Waals surface area contributed by atoms with Gasteiger partial charge in [-0.25, -0.2) is 0 Å². The summed E-state index contributed by atoms with van der Waals surface area (Å²) in [7, 11) is 1.98. The van der Waals surface area contributed by atoms with Gasteiger partial charge in [-0.2, -0.15) is 16.9 Å². The van der Waals surface area contributed by atoms with Crippen molar-refractivity contribution in [2.45, 2.75) is 12.7 Å². The fourth-order valence-electron chi connectivity index (χ4n) is 0.974. The quantitative estimate of drug-likeness (QED) is 0.783. The molecular formula is C7H11BrN2S. The van der Waals surface area contributed by atoms with Crippen LogP contribution in [0.25, 0.3) is 0 Å². The van der Waals surface area contributed by atoms with Gasteiger partial charge < -0.3 is 0 Å². The van der Waals surface area contributed by atoms with Crippen molar-refractivity contribution in [3.8, 4) is 0 Å². The lowest BCUT2D eigenvalue weighted by atomic mass is 10.4. The Bertz CT molecular complexity index is 257. The van der Waals surface area contributed by atoms with Crippen LogP contribution in [-0.2, 0) is 12.8 Å². The minimum absolute atomic E-state index is 1.01. The number of thioether (sulfide) groups is 1. The third-order valence-corrected chi connectivity index (χ3v) is 3.14. The highest BCUT2D eigenvalue weighted by Gasteiger charge is 2.08. The SMILES string of the molecule is CSCc1c(Br)c(C)nn1C. The van der Waals surface area contributed by atoms with E-state index in [1.807, 2.05) is 18.7 Å². The molecule has 0 saturated heterocycles. The maximum atomic E-state index is 4.29. The van der Waals surface area contributed by atoms with Gasteiger partial charge in [-0.15, -0.1) is 0 Å². The third kappa shape index (κ3) is 1.79. The Morgan fingerprint density at radius 3 is 2.64 bits per heavy atom. The molecule has 0 aliphatic carbocycles. The molecule has 0 bridgehead atoms. The molecule has 0 atom stereocenters. The van der Waals surface area contributed by atoms with E-state index in [0.717, 1.165) is 15.9 Å². The first-order valence-electron chi connectivity index (χ1n) is 3.33. The first-order valence-corrected chi connectivity index (χ1v) is 5.52. The van der Waals surface area contributed by atoms with Gasteiger partial charge in [-0.05, 0) is 29.1 Å². The normalized spacial score (nSPS) is 10.5. The van der Waals surface area contributed by atoms with Crippen molar-refractivity contribution in [3.63, 3.8) is 0 Å². The van der Waals surface area contributed by atoms with Gasteiger partial charge in [0.2, 0.25) is 0 Å². The number of halogens is 1. The standard InChI is InChI=1S/C7H11BrN2S/c1-5-7(8)6(4-11-3)10(2)9-5/h4H2,1-3H3. The average molecular weight is 235 g/mol. The van der Waals surface area contributed by atoms with Crippen LogP contribution in [0, 0.1) is 6.92 Å². The molecule has 0 saturated carbocycles. The van der Waals surface area contributed by atoms with Crippen LogP contribution in [0.2, 0.25) is 0 Å². The number of aromatic nitrogens is 2. The third-order valence-electron chi connectivity index (χ3n) is 1.54. The number of hydrogen-bond acceptors (Lipinski definition) is 2. The monoisotopic (exact) mass is 234 g/mol. The summed E-state index contributed by atoms with van der Waals surface area (Å²) >= 11 is 5.31. The molecule has 0 radical (unpaired) electrons. The van der Waals surface area contributed by atoms with Gasteiger partial charge in [0.25, 0.3) is 0 Å². The highest BCUT2D eigenvalue weighted by atomic mass is 79.9. The van der Waals surface area contributed by atoms with Crippen LogP contribution in [0.1, 0.15) is 11.4 Å². The minimum Gasteiger partial charge on any atom is -0.270 e. The van der Waals surface area contributed by atoms with Crippen molar-refractivity contribution in [2.24, 2.45) is 7.05 Å². The van der Waals surface area contributed by atoms with E-state index in [2.05, 4.69) is 27.3 Å². The molecule has 1 heterocycles. The second kappa shape index (κ2) is 3.63. The van der Waals surface area contributed by atoms with Crippen molar-refractivity contribution < 1.29 is 0 Å². The highest BCUT2D eigenvalue weighted by molar-refractivity contribution is 9.10. The molecule has 2 nitrogen and oxygen atoms in total. The maximum absolute atomic E-state index is 4.29. The Labute approximate surface area is 79.5 Å². The summed E-state index contributed by atoms with van der Waals surface area (Å²) in [6.07, 6.45) is 2.09. The molecule has 0 amide bonds. The van der Waals surface area contributed by atoms with Crippen LogP contribution in [0.4, 0.5) is 0 Å². The number of hydrogen-bond donors (Lipinski definition) is 0. The second-order valence-electron chi connectivity index (χ2n) is 2.40. The summed E-state index contributed by atoms with van der Waals surface area (Å²) in [4.78, 5) is 0. The van der Waals surface area contributed by atoms with Crippen molar-refractivity contribution in [1.29, 1.82) is 0 Å². The van der Waals surface area contributed by atoms with E-state index in [0.29, 0.717) is 0 Å². The lowest BCUT2D eigenvalue weighted by Gasteiger charge is -1.98. The summed E-state index contributed by atoms with van der Waals surface area (Å²) in [6, 6.07) is 0. The zero-order chi connectivity index (χ0) is 8.43. The molecule has 0 spiro atoms. The van der Waals surface area contributed by atoms with E-state index < -0.39 is 0 Å². The van der Waals surface area contributed by atoms with Crippen LogP contribution < -0.4 is 0 Å².